The van der Waals surface area contributed by atoms with Crippen LogP contribution in [0.1, 0.15) is 40.0 Å². The Bertz CT molecular complexity index is 928. The quantitative estimate of drug-likeness (QED) is 0.266. The van der Waals surface area contributed by atoms with E-state index in [1.807, 2.05) is 60.7 Å². The van der Waals surface area contributed by atoms with Crippen LogP contribution in [0.2, 0.25) is 18.1 Å². The molecule has 1 saturated carbocycles. The molecular weight excluding hydrogens is 415 g/mol. The normalized spacial score (nSPS) is 19.6. The predicted molar refractivity (Wildman–Crippen MR) is 138 cm³/mol. The largest absolute Gasteiger partial charge is 0.410 e. The first-order valence-corrected chi connectivity index (χ1v) is 16.1. The molecule has 0 saturated heterocycles. The van der Waals surface area contributed by atoms with Crippen molar-refractivity contribution in [3.05, 3.63) is 84.5 Å². The van der Waals surface area contributed by atoms with Gasteiger partial charge in [-0.15, -0.1) is 0 Å². The number of hydrogen-bond acceptors (Lipinski definition) is 2. The molecule has 1 atom stereocenters. The molecule has 3 rings (SSSR count). The molecule has 0 aromatic heterocycles. The maximum atomic E-state index is 14.3. The van der Waals surface area contributed by atoms with Crippen molar-refractivity contribution in [2.75, 3.05) is 6.16 Å². The van der Waals surface area contributed by atoms with Gasteiger partial charge in [-0.25, -0.2) is 0 Å². The van der Waals surface area contributed by atoms with Crippen molar-refractivity contribution in [1.29, 1.82) is 0 Å². The summed E-state index contributed by atoms with van der Waals surface area (Å²) in [5.41, 5.74) is 2.56. The van der Waals surface area contributed by atoms with Crippen LogP contribution < -0.4 is 10.6 Å². The fraction of sp³-hybridized carbons (Fsp3) is 0.407. The smallest absolute Gasteiger partial charge is 0.192 e. The second kappa shape index (κ2) is 9.44. The Morgan fingerprint density at radius 1 is 1.00 bits per heavy atom. The summed E-state index contributed by atoms with van der Waals surface area (Å²) in [7, 11) is -4.60. The molecule has 31 heavy (non-hydrogen) atoms. The lowest BCUT2D eigenvalue weighted by molar-refractivity contribution is 0.201. The number of hydrogen-bond donors (Lipinski definition) is 0. The van der Waals surface area contributed by atoms with Crippen LogP contribution in [0.25, 0.3) is 0 Å². The van der Waals surface area contributed by atoms with E-state index in [4.69, 9.17) is 4.43 Å². The van der Waals surface area contributed by atoms with Crippen molar-refractivity contribution in [2.45, 2.75) is 64.3 Å². The zero-order valence-corrected chi connectivity index (χ0v) is 21.6. The van der Waals surface area contributed by atoms with E-state index in [9.17, 15) is 4.57 Å². The van der Waals surface area contributed by atoms with Gasteiger partial charge in [-0.05, 0) is 43.0 Å². The molecule has 2 aromatic carbocycles. The Morgan fingerprint density at radius 3 is 2.00 bits per heavy atom. The topological polar surface area (TPSA) is 26.3 Å². The van der Waals surface area contributed by atoms with Crippen LogP contribution in [-0.2, 0) is 8.99 Å². The van der Waals surface area contributed by atoms with Gasteiger partial charge in [0.05, 0.1) is 6.10 Å². The van der Waals surface area contributed by atoms with Crippen LogP contribution in [0.3, 0.4) is 0 Å². The summed E-state index contributed by atoms with van der Waals surface area (Å²) >= 11 is 0. The van der Waals surface area contributed by atoms with Gasteiger partial charge in [-0.2, -0.15) is 0 Å². The van der Waals surface area contributed by atoms with E-state index in [1.54, 1.807) is 0 Å². The minimum absolute atomic E-state index is 0.0775. The van der Waals surface area contributed by atoms with Crippen LogP contribution >= 0.6 is 7.14 Å². The van der Waals surface area contributed by atoms with E-state index in [1.165, 1.54) is 11.1 Å². The lowest BCUT2D eigenvalue weighted by atomic mass is 9.89. The van der Waals surface area contributed by atoms with Crippen molar-refractivity contribution >= 4 is 26.1 Å². The maximum absolute atomic E-state index is 14.3. The standard InChI is InChI=1S/C27H37O2PSi/c1-22-17-18-23(21-26(22)29-31(5,6)27(2,3)4)19-20-30(28,24-13-9-7-10-14-24)25-15-11-8-12-16-25/h7-16,19,26H,1,17-18,20-21H2,2-6H3/b23-19+/t26-/m1/s1. The Kier molecular flexibility index (Phi) is 7.31. The number of benzene rings is 2. The molecule has 1 fully saturated rings. The van der Waals surface area contributed by atoms with Gasteiger partial charge < -0.3 is 8.99 Å². The van der Waals surface area contributed by atoms with Crippen LogP contribution in [0, 0.1) is 0 Å². The molecular formula is C27H37O2PSi. The van der Waals surface area contributed by atoms with Gasteiger partial charge in [0.15, 0.2) is 8.32 Å². The van der Waals surface area contributed by atoms with Crippen molar-refractivity contribution < 1.29 is 8.99 Å². The van der Waals surface area contributed by atoms with Crippen LogP contribution in [0.15, 0.2) is 84.5 Å². The number of rotatable bonds is 6. The van der Waals surface area contributed by atoms with E-state index in [0.29, 0.717) is 6.16 Å². The molecule has 2 aromatic rings. The molecule has 1 aliphatic carbocycles. The van der Waals surface area contributed by atoms with E-state index in [0.717, 1.165) is 29.9 Å². The molecule has 0 radical (unpaired) electrons. The summed E-state index contributed by atoms with van der Waals surface area (Å²) in [6.45, 7) is 15.7. The van der Waals surface area contributed by atoms with Gasteiger partial charge in [0.25, 0.3) is 0 Å². The van der Waals surface area contributed by atoms with Gasteiger partial charge in [0.1, 0.15) is 7.14 Å². The Balaban J connectivity index is 1.84. The fourth-order valence-corrected chi connectivity index (χ4v) is 7.62. The summed E-state index contributed by atoms with van der Waals surface area (Å²) in [5.74, 6) is 0. The zero-order chi connectivity index (χ0) is 22.7. The average molecular weight is 453 g/mol. The van der Waals surface area contributed by atoms with Crippen molar-refractivity contribution in [1.82, 2.24) is 0 Å². The monoisotopic (exact) mass is 452 g/mol. The fourth-order valence-electron chi connectivity index (χ4n) is 3.76. The minimum Gasteiger partial charge on any atom is -0.410 e. The van der Waals surface area contributed by atoms with Gasteiger partial charge in [-0.1, -0.05) is 99.7 Å². The predicted octanol–water partition coefficient (Wildman–Crippen LogP) is 7.06. The molecule has 0 N–H and O–H groups in total. The Labute approximate surface area is 189 Å². The summed E-state index contributed by atoms with van der Waals surface area (Å²) in [6, 6.07) is 19.9. The summed E-state index contributed by atoms with van der Waals surface area (Å²) in [6.07, 6.45) is 5.67. The second-order valence-corrected chi connectivity index (χ2v) is 17.8. The van der Waals surface area contributed by atoms with Crippen LogP contribution in [0.4, 0.5) is 0 Å². The lowest BCUT2D eigenvalue weighted by Gasteiger charge is -2.41. The van der Waals surface area contributed by atoms with E-state index in [2.05, 4.69) is 46.5 Å². The molecule has 4 heteroatoms. The first kappa shape index (κ1) is 24.0. The molecule has 0 bridgehead atoms. The highest BCUT2D eigenvalue weighted by atomic mass is 31.2. The lowest BCUT2D eigenvalue weighted by Crippen LogP contribution is -2.45. The molecule has 0 spiro atoms. The van der Waals surface area contributed by atoms with Gasteiger partial charge in [-0.3, -0.25) is 0 Å². The Hall–Kier alpha value is -1.67. The molecule has 0 amide bonds. The van der Waals surface area contributed by atoms with Gasteiger partial charge in [0.2, 0.25) is 0 Å². The van der Waals surface area contributed by atoms with Crippen LogP contribution in [0.5, 0.6) is 0 Å². The zero-order valence-electron chi connectivity index (χ0n) is 19.7. The number of allylic oxidation sites excluding steroid dienone is 1. The van der Waals surface area contributed by atoms with Crippen molar-refractivity contribution in [3.8, 4) is 0 Å². The van der Waals surface area contributed by atoms with Crippen molar-refractivity contribution in [2.24, 2.45) is 0 Å². The summed E-state index contributed by atoms with van der Waals surface area (Å²) in [5, 5.41) is 2.02. The molecule has 0 aliphatic heterocycles. The molecule has 0 heterocycles. The van der Waals surface area contributed by atoms with Crippen LogP contribution in [-0.4, -0.2) is 20.6 Å². The highest BCUT2D eigenvalue weighted by molar-refractivity contribution is 7.78. The molecule has 1 aliphatic rings. The molecule has 166 valence electrons. The summed E-state index contributed by atoms with van der Waals surface area (Å²) < 4.78 is 21.0. The summed E-state index contributed by atoms with van der Waals surface area (Å²) in [4.78, 5) is 0. The first-order chi connectivity index (χ1) is 14.5. The highest BCUT2D eigenvalue weighted by Crippen LogP contribution is 2.45. The highest BCUT2D eigenvalue weighted by Gasteiger charge is 2.40. The van der Waals surface area contributed by atoms with E-state index in [-0.39, 0.29) is 11.1 Å². The third kappa shape index (κ3) is 5.58. The molecule has 0 unspecified atom stereocenters. The first-order valence-electron chi connectivity index (χ1n) is 11.3. The third-order valence-electron chi connectivity index (χ3n) is 6.90. The molecule has 2 nitrogen and oxygen atoms in total. The van der Waals surface area contributed by atoms with Crippen molar-refractivity contribution in [3.63, 3.8) is 0 Å². The van der Waals surface area contributed by atoms with E-state index >= 15 is 0 Å². The third-order valence-corrected chi connectivity index (χ3v) is 14.3. The second-order valence-electron chi connectivity index (χ2n) is 10.2. The SMILES string of the molecule is C=C1CC/C(=C\CP(=O)(c2ccccc2)c2ccccc2)C[C@H]1O[Si](C)(C)C(C)(C)C. The van der Waals surface area contributed by atoms with E-state index < -0.39 is 15.5 Å². The van der Waals surface area contributed by atoms with Gasteiger partial charge >= 0.3 is 0 Å². The maximum Gasteiger partial charge on any atom is 0.192 e. The Morgan fingerprint density at radius 2 is 1.52 bits per heavy atom. The average Bonchev–Trinajstić information content (AvgIpc) is 2.74. The van der Waals surface area contributed by atoms with Gasteiger partial charge in [0, 0.05) is 16.8 Å². The minimum atomic E-state index is -2.72.